The van der Waals surface area contributed by atoms with Gasteiger partial charge in [0.1, 0.15) is 0 Å². The van der Waals surface area contributed by atoms with Crippen LogP contribution in [0.5, 0.6) is 0 Å². The van der Waals surface area contributed by atoms with Crippen molar-refractivity contribution in [1.29, 1.82) is 0 Å². The molecule has 19 heavy (non-hydrogen) atoms. The summed E-state index contributed by atoms with van der Waals surface area (Å²) >= 11 is 0. The van der Waals surface area contributed by atoms with E-state index in [9.17, 15) is 18.5 Å². The van der Waals surface area contributed by atoms with Crippen LogP contribution in [0.3, 0.4) is 0 Å². The second-order valence-electron chi connectivity index (χ2n) is 4.04. The SMILES string of the molecule is Cc1ccc([N+](=O)[O-])cc1S(=O)(=O)NCCCCO. The molecule has 2 N–H and O–H groups in total. The monoisotopic (exact) mass is 288 g/mol. The number of nitrogens with zero attached hydrogens (tertiary/aromatic N) is 1. The third-order valence-corrected chi connectivity index (χ3v) is 4.15. The number of nitro benzene ring substituents is 1. The van der Waals surface area contributed by atoms with E-state index in [1.807, 2.05) is 0 Å². The Labute approximate surface area is 111 Å². The molecule has 0 fully saturated rings. The number of hydrogen-bond donors (Lipinski definition) is 2. The van der Waals surface area contributed by atoms with Crippen molar-refractivity contribution < 1.29 is 18.4 Å². The van der Waals surface area contributed by atoms with E-state index in [-0.39, 0.29) is 23.7 Å². The highest BCUT2D eigenvalue weighted by Gasteiger charge is 2.19. The van der Waals surface area contributed by atoms with Gasteiger partial charge >= 0.3 is 0 Å². The highest BCUT2D eigenvalue weighted by molar-refractivity contribution is 7.89. The van der Waals surface area contributed by atoms with Crippen LogP contribution < -0.4 is 4.72 Å². The molecule has 1 aromatic carbocycles. The molecule has 106 valence electrons. The molecule has 0 radical (unpaired) electrons. The summed E-state index contributed by atoms with van der Waals surface area (Å²) in [5.74, 6) is 0. The first-order valence-electron chi connectivity index (χ1n) is 5.74. The molecule has 0 spiro atoms. The molecule has 8 heteroatoms. The number of aryl methyl sites for hydroxylation is 1. The number of rotatable bonds is 7. The summed E-state index contributed by atoms with van der Waals surface area (Å²) in [6.07, 6.45) is 1.00. The fourth-order valence-electron chi connectivity index (χ4n) is 1.51. The maximum Gasteiger partial charge on any atom is 0.270 e. The summed E-state index contributed by atoms with van der Waals surface area (Å²) in [5, 5.41) is 19.3. The molecule has 0 bridgehead atoms. The molecule has 0 aliphatic carbocycles. The number of non-ortho nitro benzene ring substituents is 1. The minimum Gasteiger partial charge on any atom is -0.396 e. The summed E-state index contributed by atoms with van der Waals surface area (Å²) in [6, 6.07) is 3.71. The first kappa shape index (κ1) is 15.5. The lowest BCUT2D eigenvalue weighted by Gasteiger charge is -2.08. The molecule has 0 aliphatic heterocycles. The first-order chi connectivity index (χ1) is 8.88. The van der Waals surface area contributed by atoms with Crippen molar-refractivity contribution in [2.75, 3.05) is 13.2 Å². The number of sulfonamides is 1. The number of hydrogen-bond acceptors (Lipinski definition) is 5. The molecule has 0 unspecified atom stereocenters. The Bertz CT molecular complexity index is 556. The largest absolute Gasteiger partial charge is 0.396 e. The van der Waals surface area contributed by atoms with Crippen LogP contribution in [0.4, 0.5) is 5.69 Å². The van der Waals surface area contributed by atoms with E-state index in [1.165, 1.54) is 12.1 Å². The van der Waals surface area contributed by atoms with Gasteiger partial charge in [0.25, 0.3) is 5.69 Å². The van der Waals surface area contributed by atoms with Crippen molar-refractivity contribution in [2.24, 2.45) is 0 Å². The third-order valence-electron chi connectivity index (χ3n) is 2.55. The van der Waals surface area contributed by atoms with E-state index in [4.69, 9.17) is 5.11 Å². The van der Waals surface area contributed by atoms with Gasteiger partial charge in [-0.1, -0.05) is 6.07 Å². The number of nitrogens with one attached hydrogen (secondary N) is 1. The van der Waals surface area contributed by atoms with Crippen LogP contribution in [0.15, 0.2) is 23.1 Å². The summed E-state index contributed by atoms with van der Waals surface area (Å²) in [6.45, 7) is 1.76. The molecule has 0 aromatic heterocycles. The van der Waals surface area contributed by atoms with Gasteiger partial charge < -0.3 is 5.11 Å². The zero-order valence-electron chi connectivity index (χ0n) is 10.5. The van der Waals surface area contributed by atoms with Gasteiger partial charge in [-0.3, -0.25) is 10.1 Å². The fraction of sp³-hybridized carbons (Fsp3) is 0.455. The molecule has 1 rings (SSSR count). The number of benzene rings is 1. The zero-order valence-corrected chi connectivity index (χ0v) is 11.3. The Morgan fingerprint density at radius 1 is 1.37 bits per heavy atom. The van der Waals surface area contributed by atoms with Crippen LogP contribution in [0.25, 0.3) is 0 Å². The highest BCUT2D eigenvalue weighted by Crippen LogP contribution is 2.21. The van der Waals surface area contributed by atoms with Gasteiger partial charge in [-0.05, 0) is 25.3 Å². The lowest BCUT2D eigenvalue weighted by atomic mass is 10.2. The van der Waals surface area contributed by atoms with Crippen molar-refractivity contribution in [1.82, 2.24) is 4.72 Å². The number of aliphatic hydroxyl groups is 1. The Kier molecular flexibility index (Phi) is 5.40. The summed E-state index contributed by atoms with van der Waals surface area (Å²) < 4.78 is 26.3. The maximum absolute atomic E-state index is 12.0. The molecule has 0 saturated heterocycles. The minimum absolute atomic E-state index is 0.00242. The predicted molar refractivity (Wildman–Crippen MR) is 69.3 cm³/mol. The molecule has 0 atom stereocenters. The van der Waals surface area contributed by atoms with E-state index >= 15 is 0 Å². The average molecular weight is 288 g/mol. The molecule has 1 aromatic rings. The van der Waals surface area contributed by atoms with Crippen LogP contribution in [0.2, 0.25) is 0 Å². The summed E-state index contributed by atoms with van der Waals surface area (Å²) in [7, 11) is -3.76. The Hall–Kier alpha value is -1.51. The van der Waals surface area contributed by atoms with E-state index in [0.29, 0.717) is 18.4 Å². The molecular formula is C11H16N2O5S. The second-order valence-corrected chi connectivity index (χ2v) is 5.77. The van der Waals surface area contributed by atoms with Crippen LogP contribution in [-0.2, 0) is 10.0 Å². The van der Waals surface area contributed by atoms with Gasteiger partial charge in [-0.15, -0.1) is 0 Å². The fourth-order valence-corrected chi connectivity index (χ4v) is 2.85. The molecule has 0 amide bonds. The van der Waals surface area contributed by atoms with Crippen molar-refractivity contribution in [3.05, 3.63) is 33.9 Å². The van der Waals surface area contributed by atoms with Crippen LogP contribution in [-0.4, -0.2) is 31.6 Å². The van der Waals surface area contributed by atoms with E-state index < -0.39 is 14.9 Å². The first-order valence-corrected chi connectivity index (χ1v) is 7.22. The van der Waals surface area contributed by atoms with Gasteiger partial charge in [0.05, 0.1) is 9.82 Å². The normalized spacial score (nSPS) is 11.5. The second kappa shape index (κ2) is 6.60. The minimum atomic E-state index is -3.76. The van der Waals surface area contributed by atoms with Gasteiger partial charge in [0.15, 0.2) is 0 Å². The lowest BCUT2D eigenvalue weighted by molar-refractivity contribution is -0.385. The van der Waals surface area contributed by atoms with Crippen molar-refractivity contribution in [3.63, 3.8) is 0 Å². The quantitative estimate of drug-likeness (QED) is 0.441. The lowest BCUT2D eigenvalue weighted by Crippen LogP contribution is -2.25. The number of aliphatic hydroxyl groups excluding tert-OH is 1. The predicted octanol–water partition coefficient (Wildman–Crippen LogP) is 0.954. The van der Waals surface area contributed by atoms with Crippen LogP contribution >= 0.6 is 0 Å². The summed E-state index contributed by atoms with van der Waals surface area (Å²) in [4.78, 5) is 9.93. The van der Waals surface area contributed by atoms with Crippen molar-refractivity contribution in [2.45, 2.75) is 24.7 Å². The topological polar surface area (TPSA) is 110 Å². The molecule has 0 heterocycles. The van der Waals surface area contributed by atoms with Gasteiger partial charge in [-0.2, -0.15) is 0 Å². The smallest absolute Gasteiger partial charge is 0.270 e. The van der Waals surface area contributed by atoms with Crippen molar-refractivity contribution >= 4 is 15.7 Å². The number of nitro groups is 1. The van der Waals surface area contributed by atoms with Crippen LogP contribution in [0.1, 0.15) is 18.4 Å². The molecular weight excluding hydrogens is 272 g/mol. The van der Waals surface area contributed by atoms with Gasteiger partial charge in [-0.25, -0.2) is 13.1 Å². The number of unbranched alkanes of at least 4 members (excludes halogenated alkanes) is 1. The Morgan fingerprint density at radius 3 is 2.63 bits per heavy atom. The Balaban J connectivity index is 2.94. The third kappa shape index (κ3) is 4.27. The van der Waals surface area contributed by atoms with Crippen LogP contribution in [0, 0.1) is 17.0 Å². The molecule has 7 nitrogen and oxygen atoms in total. The molecule has 0 aliphatic rings. The average Bonchev–Trinajstić information content (AvgIpc) is 2.34. The van der Waals surface area contributed by atoms with Gasteiger partial charge in [0.2, 0.25) is 10.0 Å². The highest BCUT2D eigenvalue weighted by atomic mass is 32.2. The Morgan fingerprint density at radius 2 is 2.05 bits per heavy atom. The maximum atomic E-state index is 12.0. The van der Waals surface area contributed by atoms with E-state index in [2.05, 4.69) is 4.72 Å². The van der Waals surface area contributed by atoms with Gasteiger partial charge in [0, 0.05) is 25.3 Å². The standard InChI is InChI=1S/C11H16N2O5S/c1-9-4-5-10(13(15)16)8-11(9)19(17,18)12-6-2-3-7-14/h4-5,8,12,14H,2-3,6-7H2,1H3. The molecule has 0 saturated carbocycles. The van der Waals surface area contributed by atoms with E-state index in [1.54, 1.807) is 6.92 Å². The summed E-state index contributed by atoms with van der Waals surface area (Å²) in [5.41, 5.74) is 0.182. The zero-order chi connectivity index (χ0) is 14.5. The van der Waals surface area contributed by atoms with Crippen molar-refractivity contribution in [3.8, 4) is 0 Å². The van der Waals surface area contributed by atoms with E-state index in [0.717, 1.165) is 6.07 Å².